The number of carbonyl (C=O) groups is 1. The molecule has 0 aliphatic rings. The molecule has 0 aliphatic carbocycles. The Labute approximate surface area is 156 Å². The summed E-state index contributed by atoms with van der Waals surface area (Å²) in [7, 11) is 1.61. The normalized spacial score (nSPS) is 10.9. The van der Waals surface area contributed by atoms with Crippen LogP contribution >= 0.6 is 0 Å². The van der Waals surface area contributed by atoms with Crippen molar-refractivity contribution in [3.05, 3.63) is 78.0 Å². The summed E-state index contributed by atoms with van der Waals surface area (Å²) in [6.45, 7) is 0.0114. The first-order chi connectivity index (χ1) is 13.2. The van der Waals surface area contributed by atoms with E-state index in [2.05, 4.69) is 10.3 Å². The van der Waals surface area contributed by atoms with Gasteiger partial charge in [0.2, 0.25) is 0 Å². The van der Waals surface area contributed by atoms with Crippen molar-refractivity contribution >= 4 is 11.6 Å². The third kappa shape index (κ3) is 3.18. The lowest BCUT2D eigenvalue weighted by atomic mass is 10.1. The largest absolute Gasteiger partial charge is 0.392 e. The molecule has 2 N–H and O–H groups in total. The van der Waals surface area contributed by atoms with Crippen LogP contribution in [0.5, 0.6) is 0 Å². The Morgan fingerprint density at radius 2 is 1.89 bits per heavy atom. The summed E-state index contributed by atoms with van der Waals surface area (Å²) in [6, 6.07) is 18.8. The number of hydrogen-bond acceptors (Lipinski definition) is 4. The number of benzene rings is 2. The van der Waals surface area contributed by atoms with E-state index in [9.17, 15) is 9.90 Å². The monoisotopic (exact) mass is 358 g/mol. The fourth-order valence-electron chi connectivity index (χ4n) is 2.97. The van der Waals surface area contributed by atoms with E-state index in [1.807, 2.05) is 54.6 Å². The highest BCUT2D eigenvalue weighted by Crippen LogP contribution is 2.24. The van der Waals surface area contributed by atoms with Crippen molar-refractivity contribution in [1.82, 2.24) is 19.9 Å². The minimum atomic E-state index is -0.134. The van der Waals surface area contributed by atoms with E-state index >= 15 is 0 Å². The summed E-state index contributed by atoms with van der Waals surface area (Å²) < 4.78 is 1.79. The highest BCUT2D eigenvalue weighted by atomic mass is 16.3. The lowest BCUT2D eigenvalue weighted by Crippen LogP contribution is -2.17. The van der Waals surface area contributed by atoms with Crippen molar-refractivity contribution in [1.29, 1.82) is 0 Å². The van der Waals surface area contributed by atoms with Gasteiger partial charge in [0.05, 0.1) is 24.2 Å². The Bertz CT molecular complexity index is 1120. The van der Waals surface area contributed by atoms with E-state index in [0.717, 1.165) is 33.7 Å². The second kappa shape index (κ2) is 7.01. The molecule has 0 unspecified atom stereocenters. The second-order valence-corrected chi connectivity index (χ2v) is 6.15. The van der Waals surface area contributed by atoms with Gasteiger partial charge in [-0.1, -0.05) is 36.4 Å². The molecule has 2 heterocycles. The molecule has 4 aromatic rings. The van der Waals surface area contributed by atoms with Crippen LogP contribution in [0.2, 0.25) is 0 Å². The molecule has 0 fully saturated rings. The average molecular weight is 358 g/mol. The summed E-state index contributed by atoms with van der Waals surface area (Å²) >= 11 is 0. The predicted molar refractivity (Wildman–Crippen MR) is 103 cm³/mol. The molecule has 2 aromatic heterocycles. The molecule has 0 radical (unpaired) electrons. The number of hydrogen-bond donors (Lipinski definition) is 2. The zero-order valence-corrected chi connectivity index (χ0v) is 14.8. The zero-order chi connectivity index (χ0) is 18.8. The number of carbonyl (C=O) groups excluding carboxylic acids is 1. The summed E-state index contributed by atoms with van der Waals surface area (Å²) in [5, 5.41) is 16.6. The van der Waals surface area contributed by atoms with Gasteiger partial charge in [0, 0.05) is 23.7 Å². The van der Waals surface area contributed by atoms with Crippen LogP contribution in [0.1, 0.15) is 15.9 Å². The number of amides is 1. The summed E-state index contributed by atoms with van der Waals surface area (Å²) in [6.07, 6.45) is 1.78. The molecule has 27 heavy (non-hydrogen) atoms. The molecule has 6 nitrogen and oxygen atoms in total. The van der Waals surface area contributed by atoms with Crippen molar-refractivity contribution in [2.75, 3.05) is 7.05 Å². The number of nitrogens with zero attached hydrogens (tertiary/aromatic N) is 3. The zero-order valence-electron chi connectivity index (χ0n) is 14.8. The van der Waals surface area contributed by atoms with E-state index in [4.69, 9.17) is 5.10 Å². The van der Waals surface area contributed by atoms with Crippen molar-refractivity contribution in [3.63, 3.8) is 0 Å². The number of nitrogens with one attached hydrogen (secondary N) is 1. The third-order valence-electron chi connectivity index (χ3n) is 4.44. The summed E-state index contributed by atoms with van der Waals surface area (Å²) in [4.78, 5) is 16.3. The highest BCUT2D eigenvalue weighted by molar-refractivity contribution is 5.95. The molecular weight excluding hydrogens is 340 g/mol. The Morgan fingerprint density at radius 1 is 1.07 bits per heavy atom. The van der Waals surface area contributed by atoms with Crippen molar-refractivity contribution < 1.29 is 9.90 Å². The lowest BCUT2D eigenvalue weighted by molar-refractivity contribution is 0.0963. The van der Waals surface area contributed by atoms with Crippen LogP contribution in [-0.4, -0.2) is 32.7 Å². The maximum absolute atomic E-state index is 11.9. The fraction of sp³-hybridized carbons (Fsp3) is 0.0952. The molecule has 4 rings (SSSR count). The molecule has 134 valence electrons. The number of rotatable bonds is 4. The number of imidazole rings is 1. The molecule has 2 aromatic carbocycles. The third-order valence-corrected chi connectivity index (χ3v) is 4.44. The topological polar surface area (TPSA) is 79.5 Å². The highest BCUT2D eigenvalue weighted by Gasteiger charge is 2.10. The van der Waals surface area contributed by atoms with Gasteiger partial charge >= 0.3 is 0 Å². The van der Waals surface area contributed by atoms with Crippen LogP contribution in [0.3, 0.4) is 0 Å². The quantitative estimate of drug-likeness (QED) is 0.588. The van der Waals surface area contributed by atoms with Gasteiger partial charge in [-0.2, -0.15) is 5.10 Å². The van der Waals surface area contributed by atoms with Gasteiger partial charge in [-0.05, 0) is 29.8 Å². The number of aliphatic hydroxyl groups is 1. The van der Waals surface area contributed by atoms with Crippen LogP contribution in [0.25, 0.3) is 28.2 Å². The summed E-state index contributed by atoms with van der Waals surface area (Å²) in [5.74, 6) is -0.134. The van der Waals surface area contributed by atoms with Gasteiger partial charge in [0.25, 0.3) is 5.91 Å². The first kappa shape index (κ1) is 16.9. The van der Waals surface area contributed by atoms with Gasteiger partial charge < -0.3 is 10.4 Å². The lowest BCUT2D eigenvalue weighted by Gasteiger charge is -2.07. The van der Waals surface area contributed by atoms with Crippen molar-refractivity contribution in [2.24, 2.45) is 0 Å². The average Bonchev–Trinajstić information content (AvgIpc) is 3.16. The Balaban J connectivity index is 1.79. The standard InChI is InChI=1S/C21H18N4O2/c1-22-21(27)17-4-2-3-16(11-17)18-9-10-20-23-12-19(25(20)24-18)15-7-5-14(13-26)6-8-15/h2-12,26H,13H2,1H3,(H,22,27). The van der Waals surface area contributed by atoms with E-state index in [1.54, 1.807) is 23.8 Å². The van der Waals surface area contributed by atoms with Crippen molar-refractivity contribution in [3.8, 4) is 22.5 Å². The number of aromatic nitrogens is 3. The molecule has 0 saturated carbocycles. The van der Waals surface area contributed by atoms with Crippen molar-refractivity contribution in [2.45, 2.75) is 6.61 Å². The first-order valence-electron chi connectivity index (χ1n) is 8.57. The van der Waals surface area contributed by atoms with Gasteiger partial charge in [0.1, 0.15) is 0 Å². The molecule has 0 saturated heterocycles. The molecule has 6 heteroatoms. The maximum atomic E-state index is 11.9. The van der Waals surface area contributed by atoms with Crippen LogP contribution in [0, 0.1) is 0 Å². The smallest absolute Gasteiger partial charge is 0.251 e. The van der Waals surface area contributed by atoms with Gasteiger partial charge in [-0.15, -0.1) is 0 Å². The van der Waals surface area contributed by atoms with E-state index < -0.39 is 0 Å². The molecule has 0 spiro atoms. The first-order valence-corrected chi connectivity index (χ1v) is 8.57. The van der Waals surface area contributed by atoms with Crippen LogP contribution in [0.4, 0.5) is 0 Å². The van der Waals surface area contributed by atoms with Gasteiger partial charge in [-0.3, -0.25) is 4.79 Å². The fourth-order valence-corrected chi connectivity index (χ4v) is 2.97. The molecular formula is C21H18N4O2. The summed E-state index contributed by atoms with van der Waals surface area (Å²) in [5.41, 5.74) is 5.60. The Hall–Kier alpha value is -3.51. The number of fused-ring (bicyclic) bond motifs is 1. The number of aliphatic hydroxyl groups excluding tert-OH is 1. The molecule has 0 aliphatic heterocycles. The molecule has 0 bridgehead atoms. The maximum Gasteiger partial charge on any atom is 0.251 e. The molecule has 1 amide bonds. The Morgan fingerprint density at radius 3 is 2.63 bits per heavy atom. The minimum Gasteiger partial charge on any atom is -0.392 e. The Kier molecular flexibility index (Phi) is 4.40. The second-order valence-electron chi connectivity index (χ2n) is 6.15. The van der Waals surface area contributed by atoms with E-state index in [0.29, 0.717) is 5.56 Å². The predicted octanol–water partition coefficient (Wildman–Crippen LogP) is 2.92. The van der Waals surface area contributed by atoms with Crippen LogP contribution in [0.15, 0.2) is 66.9 Å². The van der Waals surface area contributed by atoms with E-state index in [-0.39, 0.29) is 12.5 Å². The SMILES string of the molecule is CNC(=O)c1cccc(-c2ccc3ncc(-c4ccc(CO)cc4)n3n2)c1. The minimum absolute atomic E-state index is 0.0114. The molecule has 0 atom stereocenters. The van der Waals surface area contributed by atoms with Gasteiger partial charge in [0.15, 0.2) is 5.65 Å². The van der Waals surface area contributed by atoms with Crippen LogP contribution < -0.4 is 5.32 Å². The van der Waals surface area contributed by atoms with Gasteiger partial charge in [-0.25, -0.2) is 9.50 Å². The van der Waals surface area contributed by atoms with Crippen LogP contribution in [-0.2, 0) is 6.61 Å². The van der Waals surface area contributed by atoms with E-state index in [1.165, 1.54) is 0 Å².